The lowest BCUT2D eigenvalue weighted by atomic mass is 10.2. The summed E-state index contributed by atoms with van der Waals surface area (Å²) in [5, 5.41) is 9.26. The number of phenolic OH excluding ortho intramolecular Hbond substituents is 1. The topological polar surface area (TPSA) is 79.3 Å². The van der Waals surface area contributed by atoms with Gasteiger partial charge in [0.15, 0.2) is 6.61 Å². The molecular weight excluding hydrogens is 372 g/mol. The fourth-order valence-electron chi connectivity index (χ4n) is 3.11. The average molecular weight is 398 g/mol. The molecule has 0 radical (unpaired) electrons. The Morgan fingerprint density at radius 3 is 2.17 bits per heavy atom. The second-order valence-corrected chi connectivity index (χ2v) is 6.91. The minimum Gasteiger partial charge on any atom is -0.508 e. The summed E-state index contributed by atoms with van der Waals surface area (Å²) in [5.41, 5.74) is 1.04. The van der Waals surface area contributed by atoms with Crippen LogP contribution in [0.1, 0.15) is 12.0 Å². The molecule has 1 aliphatic heterocycles. The van der Waals surface area contributed by atoms with Crippen molar-refractivity contribution >= 4 is 11.8 Å². The number of carbonyl (C=O) groups excluding carboxylic acids is 2. The number of aromatic hydroxyl groups is 1. The summed E-state index contributed by atoms with van der Waals surface area (Å²) < 4.78 is 11.2. The summed E-state index contributed by atoms with van der Waals surface area (Å²) in [6.45, 7) is 4.23. The van der Waals surface area contributed by atoms with Gasteiger partial charge in [-0.2, -0.15) is 0 Å². The third-order valence-electron chi connectivity index (χ3n) is 4.85. The van der Waals surface area contributed by atoms with Crippen molar-refractivity contribution < 1.29 is 24.2 Å². The van der Waals surface area contributed by atoms with Gasteiger partial charge < -0.3 is 24.4 Å². The summed E-state index contributed by atoms with van der Waals surface area (Å²) >= 11 is 0. The van der Waals surface area contributed by atoms with Crippen LogP contribution in [0.5, 0.6) is 17.2 Å². The molecule has 1 fully saturated rings. The smallest absolute Gasteiger partial charge is 0.260 e. The number of para-hydroxylation sites is 1. The summed E-state index contributed by atoms with van der Waals surface area (Å²) in [7, 11) is 0. The number of aryl methyl sites for hydroxylation is 1. The number of amides is 2. The first-order chi connectivity index (χ1) is 14.0. The Morgan fingerprint density at radius 1 is 0.897 bits per heavy atom. The number of carbonyl (C=O) groups is 2. The maximum atomic E-state index is 12.4. The lowest BCUT2D eigenvalue weighted by Gasteiger charge is -2.34. The first-order valence-corrected chi connectivity index (χ1v) is 9.69. The monoisotopic (exact) mass is 398 g/mol. The number of hydrogen-bond donors (Lipinski definition) is 1. The Morgan fingerprint density at radius 2 is 1.52 bits per heavy atom. The molecule has 0 unspecified atom stereocenters. The second-order valence-electron chi connectivity index (χ2n) is 6.91. The molecule has 1 heterocycles. The summed E-state index contributed by atoms with van der Waals surface area (Å²) in [4.78, 5) is 28.2. The molecule has 0 aliphatic carbocycles. The quantitative estimate of drug-likeness (QED) is 0.774. The van der Waals surface area contributed by atoms with Crippen molar-refractivity contribution in [2.75, 3.05) is 39.4 Å². The van der Waals surface area contributed by atoms with Crippen molar-refractivity contribution in [2.45, 2.75) is 13.3 Å². The van der Waals surface area contributed by atoms with Crippen LogP contribution in [-0.2, 0) is 9.59 Å². The fraction of sp³-hybridized carbons (Fsp3) is 0.364. The van der Waals surface area contributed by atoms with Gasteiger partial charge in [0, 0.05) is 26.2 Å². The Balaban J connectivity index is 1.36. The Bertz CT molecular complexity index is 829. The van der Waals surface area contributed by atoms with Gasteiger partial charge in [-0.25, -0.2) is 0 Å². The van der Waals surface area contributed by atoms with Crippen LogP contribution in [0.3, 0.4) is 0 Å². The number of piperazine rings is 1. The minimum absolute atomic E-state index is 0.0334. The molecule has 7 heteroatoms. The van der Waals surface area contributed by atoms with E-state index in [-0.39, 0.29) is 24.2 Å². The second kappa shape index (κ2) is 9.82. The van der Waals surface area contributed by atoms with Crippen LogP contribution in [0.25, 0.3) is 0 Å². The van der Waals surface area contributed by atoms with Crippen molar-refractivity contribution in [3.8, 4) is 17.2 Å². The van der Waals surface area contributed by atoms with E-state index in [1.807, 2.05) is 31.2 Å². The molecule has 154 valence electrons. The molecule has 29 heavy (non-hydrogen) atoms. The van der Waals surface area contributed by atoms with Crippen molar-refractivity contribution in [2.24, 2.45) is 0 Å². The van der Waals surface area contributed by atoms with Gasteiger partial charge in [-0.05, 0) is 42.8 Å². The van der Waals surface area contributed by atoms with Gasteiger partial charge in [0.1, 0.15) is 17.2 Å². The van der Waals surface area contributed by atoms with Gasteiger partial charge in [-0.15, -0.1) is 0 Å². The third-order valence-corrected chi connectivity index (χ3v) is 4.85. The first-order valence-electron chi connectivity index (χ1n) is 9.69. The summed E-state index contributed by atoms with van der Waals surface area (Å²) in [6, 6.07) is 14.0. The van der Waals surface area contributed by atoms with Crippen LogP contribution >= 0.6 is 0 Å². The minimum atomic E-state index is -0.118. The van der Waals surface area contributed by atoms with Crippen LogP contribution in [0.4, 0.5) is 0 Å². The zero-order chi connectivity index (χ0) is 20.6. The van der Waals surface area contributed by atoms with Crippen molar-refractivity contribution in [3.63, 3.8) is 0 Å². The molecule has 0 spiro atoms. The summed E-state index contributed by atoms with van der Waals surface area (Å²) in [5.74, 6) is 1.39. The van der Waals surface area contributed by atoms with E-state index in [2.05, 4.69) is 0 Å². The molecule has 2 aromatic rings. The van der Waals surface area contributed by atoms with Crippen molar-refractivity contribution in [1.29, 1.82) is 0 Å². The van der Waals surface area contributed by atoms with E-state index in [4.69, 9.17) is 9.47 Å². The lowest BCUT2D eigenvalue weighted by molar-refractivity contribution is -0.141. The van der Waals surface area contributed by atoms with E-state index in [1.54, 1.807) is 21.9 Å². The molecule has 0 bridgehead atoms. The molecule has 2 amide bonds. The molecular formula is C22H26N2O5. The zero-order valence-corrected chi connectivity index (χ0v) is 16.5. The number of benzene rings is 2. The van der Waals surface area contributed by atoms with Crippen LogP contribution in [0, 0.1) is 6.92 Å². The van der Waals surface area contributed by atoms with Crippen molar-refractivity contribution in [1.82, 2.24) is 9.80 Å². The molecule has 0 aromatic heterocycles. The van der Waals surface area contributed by atoms with E-state index >= 15 is 0 Å². The van der Waals surface area contributed by atoms with Crippen molar-refractivity contribution in [3.05, 3.63) is 54.1 Å². The predicted molar refractivity (Wildman–Crippen MR) is 108 cm³/mol. The Kier molecular flexibility index (Phi) is 6.94. The molecule has 0 saturated carbocycles. The zero-order valence-electron chi connectivity index (χ0n) is 16.5. The number of rotatable bonds is 7. The van der Waals surface area contributed by atoms with Gasteiger partial charge in [0.05, 0.1) is 13.0 Å². The maximum Gasteiger partial charge on any atom is 0.260 e. The van der Waals surface area contributed by atoms with E-state index in [1.165, 1.54) is 12.1 Å². The number of hydrogen-bond acceptors (Lipinski definition) is 5. The molecule has 1 N–H and O–H groups in total. The number of ether oxygens (including phenoxy) is 2. The van der Waals surface area contributed by atoms with Gasteiger partial charge in [0.2, 0.25) is 5.91 Å². The first kappa shape index (κ1) is 20.5. The Hall–Kier alpha value is -3.22. The summed E-state index contributed by atoms with van der Waals surface area (Å²) in [6.07, 6.45) is 0.312. The van der Waals surface area contributed by atoms with Crippen LogP contribution in [0.15, 0.2) is 48.5 Å². The standard InChI is InChI=1S/C22H26N2O5/c1-17-4-2-3-5-20(17)28-15-10-21(26)23-11-13-24(14-12-23)22(27)16-29-19-8-6-18(25)7-9-19/h2-9,25H,10-16H2,1H3. The van der Waals surface area contributed by atoms with Gasteiger partial charge in [0.25, 0.3) is 5.91 Å². The normalized spacial score (nSPS) is 13.8. The molecule has 1 aliphatic rings. The average Bonchev–Trinajstić information content (AvgIpc) is 2.74. The highest BCUT2D eigenvalue weighted by Crippen LogP contribution is 2.17. The number of phenols is 1. The van der Waals surface area contributed by atoms with E-state index in [9.17, 15) is 14.7 Å². The van der Waals surface area contributed by atoms with Gasteiger partial charge in [-0.3, -0.25) is 9.59 Å². The molecule has 0 atom stereocenters. The molecule has 7 nitrogen and oxygen atoms in total. The van der Waals surface area contributed by atoms with Gasteiger partial charge in [-0.1, -0.05) is 18.2 Å². The lowest BCUT2D eigenvalue weighted by Crippen LogP contribution is -2.51. The van der Waals surface area contributed by atoms with E-state index in [0.29, 0.717) is 45.0 Å². The molecule has 2 aromatic carbocycles. The van der Waals surface area contributed by atoms with E-state index < -0.39 is 0 Å². The van der Waals surface area contributed by atoms with Gasteiger partial charge >= 0.3 is 0 Å². The maximum absolute atomic E-state index is 12.4. The highest BCUT2D eigenvalue weighted by Gasteiger charge is 2.24. The van der Waals surface area contributed by atoms with Crippen LogP contribution < -0.4 is 9.47 Å². The highest BCUT2D eigenvalue weighted by atomic mass is 16.5. The SMILES string of the molecule is Cc1ccccc1OCCC(=O)N1CCN(C(=O)COc2ccc(O)cc2)CC1. The fourth-order valence-corrected chi connectivity index (χ4v) is 3.11. The predicted octanol–water partition coefficient (Wildman–Crippen LogP) is 2.22. The largest absolute Gasteiger partial charge is 0.508 e. The molecule has 3 rings (SSSR count). The third kappa shape index (κ3) is 5.88. The Labute approximate surface area is 170 Å². The highest BCUT2D eigenvalue weighted by molar-refractivity contribution is 5.79. The van der Waals surface area contributed by atoms with Crippen LogP contribution in [0.2, 0.25) is 0 Å². The molecule has 1 saturated heterocycles. The van der Waals surface area contributed by atoms with Crippen LogP contribution in [-0.4, -0.2) is 66.1 Å². The van der Waals surface area contributed by atoms with E-state index in [0.717, 1.165) is 11.3 Å². The number of nitrogens with zero attached hydrogens (tertiary/aromatic N) is 2.